The van der Waals surface area contributed by atoms with Gasteiger partial charge in [0.2, 0.25) is 0 Å². The molecule has 1 fully saturated rings. The number of benzene rings is 1. The minimum Gasteiger partial charge on any atom is -0.493 e. The molecule has 0 spiro atoms. The number of rotatable bonds is 6. The molecule has 2 unspecified atom stereocenters. The maximum absolute atomic E-state index is 6.20. The highest BCUT2D eigenvalue weighted by molar-refractivity contribution is 6.32. The third kappa shape index (κ3) is 3.57. The van der Waals surface area contributed by atoms with Gasteiger partial charge in [0, 0.05) is 19.7 Å². The lowest BCUT2D eigenvalue weighted by molar-refractivity contribution is 0.107. The smallest absolute Gasteiger partial charge is 0.179 e. The van der Waals surface area contributed by atoms with Crippen molar-refractivity contribution in [2.24, 2.45) is 0 Å². The van der Waals surface area contributed by atoms with Gasteiger partial charge in [-0.3, -0.25) is 0 Å². The van der Waals surface area contributed by atoms with Gasteiger partial charge in [-0.1, -0.05) is 11.6 Å². The maximum Gasteiger partial charge on any atom is 0.179 e. The lowest BCUT2D eigenvalue weighted by Crippen LogP contribution is -2.26. The zero-order valence-electron chi connectivity index (χ0n) is 12.2. The quantitative estimate of drug-likeness (QED) is 0.876. The molecule has 5 heteroatoms. The molecule has 4 nitrogen and oxygen atoms in total. The van der Waals surface area contributed by atoms with E-state index in [1.807, 2.05) is 12.1 Å². The maximum atomic E-state index is 6.20. The van der Waals surface area contributed by atoms with Crippen LogP contribution in [0, 0.1) is 0 Å². The van der Waals surface area contributed by atoms with E-state index < -0.39 is 0 Å². The minimum absolute atomic E-state index is 0.390. The van der Waals surface area contributed by atoms with Gasteiger partial charge in [0.25, 0.3) is 0 Å². The van der Waals surface area contributed by atoms with Crippen LogP contribution in [0.25, 0.3) is 0 Å². The Balaban J connectivity index is 1.98. The van der Waals surface area contributed by atoms with Gasteiger partial charge in [-0.05, 0) is 37.0 Å². The Hall–Kier alpha value is -0.970. The van der Waals surface area contributed by atoms with Gasteiger partial charge in [-0.25, -0.2) is 0 Å². The number of hydrogen-bond donors (Lipinski definition) is 1. The van der Waals surface area contributed by atoms with Crippen molar-refractivity contribution in [3.05, 3.63) is 22.7 Å². The standard InChI is InChI=1S/C15H22ClNO3/c1-18-12-5-4-11(8-12)17-9-10-6-13(16)15(20-3)14(7-10)19-2/h6-7,11-12,17H,4-5,8-9H2,1-3H3. The number of halogens is 1. The summed E-state index contributed by atoms with van der Waals surface area (Å²) < 4.78 is 15.9. The summed E-state index contributed by atoms with van der Waals surface area (Å²) in [6, 6.07) is 4.38. The Morgan fingerprint density at radius 1 is 1.20 bits per heavy atom. The first-order chi connectivity index (χ1) is 9.67. The second kappa shape index (κ2) is 7.16. The van der Waals surface area contributed by atoms with Crippen LogP contribution in [-0.2, 0) is 11.3 Å². The van der Waals surface area contributed by atoms with Crippen molar-refractivity contribution in [1.29, 1.82) is 0 Å². The minimum atomic E-state index is 0.390. The fourth-order valence-corrected chi connectivity index (χ4v) is 2.99. The van der Waals surface area contributed by atoms with Gasteiger partial charge in [-0.2, -0.15) is 0 Å². The molecule has 0 bridgehead atoms. The van der Waals surface area contributed by atoms with E-state index in [-0.39, 0.29) is 0 Å². The Morgan fingerprint density at radius 2 is 2.00 bits per heavy atom. The highest BCUT2D eigenvalue weighted by Crippen LogP contribution is 2.36. The van der Waals surface area contributed by atoms with Crippen LogP contribution in [0.15, 0.2) is 12.1 Å². The molecule has 0 radical (unpaired) electrons. The number of nitrogens with one attached hydrogen (secondary N) is 1. The molecular weight excluding hydrogens is 278 g/mol. The van der Waals surface area contributed by atoms with Crippen molar-refractivity contribution in [2.45, 2.75) is 38.0 Å². The van der Waals surface area contributed by atoms with Crippen LogP contribution >= 0.6 is 11.6 Å². The first-order valence-electron chi connectivity index (χ1n) is 6.84. The Morgan fingerprint density at radius 3 is 2.60 bits per heavy atom. The van der Waals surface area contributed by atoms with Crippen molar-refractivity contribution < 1.29 is 14.2 Å². The fourth-order valence-electron chi connectivity index (χ4n) is 2.68. The predicted octanol–water partition coefficient (Wildman–Crippen LogP) is 3.01. The summed E-state index contributed by atoms with van der Waals surface area (Å²) in [5.74, 6) is 1.25. The van der Waals surface area contributed by atoms with E-state index >= 15 is 0 Å². The predicted molar refractivity (Wildman–Crippen MR) is 79.8 cm³/mol. The van der Waals surface area contributed by atoms with Gasteiger partial charge in [-0.15, -0.1) is 0 Å². The van der Waals surface area contributed by atoms with Crippen molar-refractivity contribution in [1.82, 2.24) is 5.32 Å². The molecule has 1 aromatic rings. The third-order valence-corrected chi connectivity index (χ3v) is 4.09. The van der Waals surface area contributed by atoms with Crippen LogP contribution < -0.4 is 14.8 Å². The highest BCUT2D eigenvalue weighted by Gasteiger charge is 2.23. The van der Waals surface area contributed by atoms with E-state index in [0.717, 1.165) is 31.4 Å². The molecule has 0 amide bonds. The van der Waals surface area contributed by atoms with E-state index in [1.165, 1.54) is 0 Å². The molecule has 0 saturated heterocycles. The van der Waals surface area contributed by atoms with Crippen molar-refractivity contribution in [2.75, 3.05) is 21.3 Å². The average molecular weight is 300 g/mol. The molecule has 112 valence electrons. The van der Waals surface area contributed by atoms with Crippen LogP contribution in [0.1, 0.15) is 24.8 Å². The summed E-state index contributed by atoms with van der Waals surface area (Å²) >= 11 is 6.20. The Bertz CT molecular complexity index is 453. The molecule has 20 heavy (non-hydrogen) atoms. The Labute approximate surface area is 125 Å². The number of ether oxygens (including phenoxy) is 3. The zero-order valence-corrected chi connectivity index (χ0v) is 13.0. The zero-order chi connectivity index (χ0) is 14.5. The summed E-state index contributed by atoms with van der Waals surface area (Å²) in [4.78, 5) is 0. The molecule has 1 aromatic carbocycles. The van der Waals surface area contributed by atoms with Gasteiger partial charge in [0.05, 0.1) is 25.3 Å². The van der Waals surface area contributed by atoms with Crippen molar-refractivity contribution in [3.63, 3.8) is 0 Å². The van der Waals surface area contributed by atoms with E-state index in [2.05, 4.69) is 5.32 Å². The van der Waals surface area contributed by atoms with E-state index in [0.29, 0.717) is 28.7 Å². The monoisotopic (exact) mass is 299 g/mol. The van der Waals surface area contributed by atoms with Gasteiger partial charge >= 0.3 is 0 Å². The van der Waals surface area contributed by atoms with E-state index in [4.69, 9.17) is 25.8 Å². The fraction of sp³-hybridized carbons (Fsp3) is 0.600. The van der Waals surface area contributed by atoms with Crippen molar-refractivity contribution in [3.8, 4) is 11.5 Å². The number of hydrogen-bond acceptors (Lipinski definition) is 4. The topological polar surface area (TPSA) is 39.7 Å². The first kappa shape index (κ1) is 15.4. The van der Waals surface area contributed by atoms with E-state index in [1.54, 1.807) is 21.3 Å². The second-order valence-corrected chi connectivity index (χ2v) is 5.47. The van der Waals surface area contributed by atoms with Crippen LogP contribution in [0.3, 0.4) is 0 Å². The highest BCUT2D eigenvalue weighted by atomic mass is 35.5. The van der Waals surface area contributed by atoms with Crippen LogP contribution in [0.2, 0.25) is 5.02 Å². The van der Waals surface area contributed by atoms with Gasteiger partial charge < -0.3 is 19.5 Å². The van der Waals surface area contributed by atoms with Crippen LogP contribution in [-0.4, -0.2) is 33.5 Å². The first-order valence-corrected chi connectivity index (χ1v) is 7.22. The molecule has 1 aliphatic rings. The summed E-state index contributed by atoms with van der Waals surface area (Å²) in [7, 11) is 4.98. The molecule has 0 aromatic heterocycles. The average Bonchev–Trinajstić information content (AvgIpc) is 2.92. The SMILES string of the molecule is COc1cc(CNC2CCC(OC)C2)cc(Cl)c1OC. The molecule has 2 rings (SSSR count). The van der Waals surface area contributed by atoms with Crippen molar-refractivity contribution >= 4 is 11.6 Å². The van der Waals surface area contributed by atoms with E-state index in [9.17, 15) is 0 Å². The summed E-state index contributed by atoms with van der Waals surface area (Å²) in [6.45, 7) is 0.765. The molecule has 1 aliphatic carbocycles. The molecular formula is C15H22ClNO3. The molecule has 1 saturated carbocycles. The van der Waals surface area contributed by atoms with Crippen LogP contribution in [0.5, 0.6) is 11.5 Å². The van der Waals surface area contributed by atoms with Gasteiger partial charge in [0.15, 0.2) is 11.5 Å². The number of methoxy groups -OCH3 is 3. The Kier molecular flexibility index (Phi) is 5.52. The summed E-state index contributed by atoms with van der Waals surface area (Å²) in [6.07, 6.45) is 3.74. The third-order valence-electron chi connectivity index (χ3n) is 3.81. The summed E-state index contributed by atoms with van der Waals surface area (Å²) in [5.41, 5.74) is 1.09. The largest absolute Gasteiger partial charge is 0.493 e. The molecule has 1 N–H and O–H groups in total. The summed E-state index contributed by atoms with van der Waals surface area (Å²) in [5, 5.41) is 4.12. The van der Waals surface area contributed by atoms with Crippen LogP contribution in [0.4, 0.5) is 0 Å². The lowest BCUT2D eigenvalue weighted by Gasteiger charge is -2.15. The molecule has 0 aliphatic heterocycles. The second-order valence-electron chi connectivity index (χ2n) is 5.06. The van der Waals surface area contributed by atoms with Gasteiger partial charge in [0.1, 0.15) is 0 Å². The molecule has 2 atom stereocenters. The lowest BCUT2D eigenvalue weighted by atomic mass is 10.1. The normalized spacial score (nSPS) is 22.0. The molecule has 0 heterocycles.